The molecule has 1 aliphatic carbocycles. The Hall–Kier alpha value is -8.68. The van der Waals surface area contributed by atoms with E-state index in [1.54, 1.807) is 18.2 Å². The van der Waals surface area contributed by atoms with Crippen LogP contribution in [0.2, 0.25) is 0 Å². The maximum absolute atomic E-state index is 12.9. The Kier molecular flexibility index (Phi) is 12.3. The summed E-state index contributed by atoms with van der Waals surface area (Å²) in [5, 5.41) is 41.2. The number of nitrogens with two attached hydrogens (primary N) is 1. The number of nitrogen functional groups attached to an aromatic ring is 1. The minimum absolute atomic E-state index is 0.0105. The lowest BCUT2D eigenvalue weighted by Crippen LogP contribution is -2.41. The molecule has 20 heteroatoms. The molecule has 0 saturated heterocycles. The topological polar surface area (TPSA) is 322 Å². The molecule has 2 aromatic heterocycles. The summed E-state index contributed by atoms with van der Waals surface area (Å²) in [5.74, 6) is -3.54. The van der Waals surface area contributed by atoms with Crippen molar-refractivity contribution in [3.63, 3.8) is 0 Å². The number of phenolic OH excluding ortho intramolecular Hbond substituents is 1. The number of phenols is 1. The van der Waals surface area contributed by atoms with Crippen molar-refractivity contribution in [2.45, 2.75) is 38.3 Å². The number of rotatable bonds is 16. The number of aromatic nitrogens is 4. The van der Waals surface area contributed by atoms with Gasteiger partial charge in [0.1, 0.15) is 28.9 Å². The van der Waals surface area contributed by atoms with E-state index in [1.165, 1.54) is 66.9 Å². The fourth-order valence-electron chi connectivity index (χ4n) is 6.75. The summed E-state index contributed by atoms with van der Waals surface area (Å²) in [5.41, 5.74) is 7.42. The quantitative estimate of drug-likeness (QED) is 0.0483. The number of hydrogen-bond donors (Lipinski definition) is 9. The summed E-state index contributed by atoms with van der Waals surface area (Å²) in [4.78, 5) is 102. The van der Waals surface area contributed by atoms with Gasteiger partial charge in [-0.15, -0.1) is 0 Å². The largest absolute Gasteiger partial charge is 0.508 e. The Morgan fingerprint density at radius 1 is 0.857 bits per heavy atom. The SMILES string of the molecule is Nc1nc2ncc(CNc3ccc(C(=O)N[C@@H](CCC(=O)CCCNC(=O)Nc4ccc(-c5c6ccc(=O)cc-6oc6cc(O)ccc56)c(C(=O)O)c4)C(=O)O)cc3)nc2c(=O)[nH]1. The van der Waals surface area contributed by atoms with Crippen LogP contribution in [0.4, 0.5) is 22.1 Å². The van der Waals surface area contributed by atoms with Crippen molar-refractivity contribution in [2.24, 2.45) is 0 Å². The molecule has 0 fully saturated rings. The molecule has 7 rings (SSSR count). The highest BCUT2D eigenvalue weighted by Gasteiger charge is 2.24. The van der Waals surface area contributed by atoms with Crippen molar-refractivity contribution in [3.8, 4) is 28.2 Å². The molecule has 5 aromatic rings. The van der Waals surface area contributed by atoms with Gasteiger partial charge >= 0.3 is 18.0 Å². The fraction of sp³-hybridized carbons (Fsp3) is 0.163. The van der Waals surface area contributed by atoms with E-state index in [1.807, 2.05) is 0 Å². The highest BCUT2D eigenvalue weighted by atomic mass is 16.4. The highest BCUT2D eigenvalue weighted by molar-refractivity contribution is 6.08. The maximum Gasteiger partial charge on any atom is 0.336 e. The Morgan fingerprint density at radius 2 is 1.62 bits per heavy atom. The first-order valence-corrected chi connectivity index (χ1v) is 19.3. The number of aliphatic carboxylic acids is 1. The van der Waals surface area contributed by atoms with Gasteiger partial charge in [-0.3, -0.25) is 24.2 Å². The number of aromatic hydroxyl groups is 1. The van der Waals surface area contributed by atoms with Crippen LogP contribution in [-0.2, 0) is 16.1 Å². The number of carboxylic acids is 2. The highest BCUT2D eigenvalue weighted by Crippen LogP contribution is 2.42. The van der Waals surface area contributed by atoms with Crippen LogP contribution >= 0.6 is 0 Å². The number of amides is 3. The molecule has 63 heavy (non-hydrogen) atoms. The summed E-state index contributed by atoms with van der Waals surface area (Å²) in [7, 11) is 0. The van der Waals surface area contributed by atoms with Gasteiger partial charge in [0, 0.05) is 65.0 Å². The number of aromatic carboxylic acids is 1. The minimum atomic E-state index is -1.35. The van der Waals surface area contributed by atoms with E-state index in [-0.39, 0.29) is 107 Å². The van der Waals surface area contributed by atoms with E-state index in [9.17, 15) is 48.9 Å². The van der Waals surface area contributed by atoms with Crippen LogP contribution in [0.25, 0.3) is 44.6 Å². The van der Waals surface area contributed by atoms with Crippen molar-refractivity contribution in [1.29, 1.82) is 0 Å². The van der Waals surface area contributed by atoms with Gasteiger partial charge in [-0.1, -0.05) is 6.07 Å². The number of H-pyrrole nitrogens is 1. The molecular formula is C43H37N9O11. The van der Waals surface area contributed by atoms with Gasteiger partial charge in [-0.2, -0.15) is 4.98 Å². The molecule has 0 spiro atoms. The predicted molar refractivity (Wildman–Crippen MR) is 229 cm³/mol. The van der Waals surface area contributed by atoms with Crippen LogP contribution in [0.1, 0.15) is 52.1 Å². The first kappa shape index (κ1) is 42.4. The molecule has 0 radical (unpaired) electrons. The van der Waals surface area contributed by atoms with E-state index in [0.717, 1.165) is 0 Å². The van der Waals surface area contributed by atoms with E-state index in [4.69, 9.17) is 10.2 Å². The first-order valence-electron chi connectivity index (χ1n) is 19.3. The number of urea groups is 1. The second-order valence-corrected chi connectivity index (χ2v) is 14.2. The lowest BCUT2D eigenvalue weighted by atomic mass is 9.90. The maximum atomic E-state index is 12.9. The van der Waals surface area contributed by atoms with E-state index < -0.39 is 35.5 Å². The number of Topliss-reactive ketones (excluding diaryl/α,β-unsaturated/α-hetero) is 1. The zero-order chi connectivity index (χ0) is 44.8. The lowest BCUT2D eigenvalue weighted by molar-refractivity contribution is -0.139. The van der Waals surface area contributed by atoms with E-state index >= 15 is 0 Å². The Labute approximate surface area is 354 Å². The number of hydrogen-bond acceptors (Lipinski definition) is 14. The Balaban J connectivity index is 0.874. The standard InChI is InChI=1S/C43H37N9O11/c44-42-51-37-36(39(57)52-42)48-24(20-47-37)19-46-22-5-3-21(4-6-22)38(56)50-32(41(60)61)14-10-25(53)2-1-15-45-43(62)49-23-7-11-28(31(16-23)40(58)59)35-29-12-8-26(54)17-33(29)63-34-18-27(55)9-13-30(34)35/h3-9,11-13,16-18,20,32,46,54H,1-2,10,14-15,19H2,(H,50,56)(H,58,59)(H,60,61)(H2,45,49,62)(H3,44,47,51,52,57)/t32-/m0/s1. The monoisotopic (exact) mass is 855 g/mol. The third-order valence-electron chi connectivity index (χ3n) is 9.79. The van der Waals surface area contributed by atoms with Gasteiger partial charge in [0.05, 0.1) is 24.0 Å². The first-order chi connectivity index (χ1) is 30.2. The van der Waals surface area contributed by atoms with Crippen LogP contribution in [0.5, 0.6) is 5.75 Å². The van der Waals surface area contributed by atoms with Crippen LogP contribution in [-0.4, -0.2) is 77.5 Å². The Morgan fingerprint density at radius 3 is 2.38 bits per heavy atom. The molecule has 0 bridgehead atoms. The molecule has 3 heterocycles. The van der Waals surface area contributed by atoms with Gasteiger partial charge in [0.25, 0.3) is 11.5 Å². The molecular weight excluding hydrogens is 819 g/mol. The molecule has 1 atom stereocenters. The summed E-state index contributed by atoms with van der Waals surface area (Å²) >= 11 is 0. The predicted octanol–water partition coefficient (Wildman–Crippen LogP) is 4.32. The number of aromatic amines is 1. The summed E-state index contributed by atoms with van der Waals surface area (Å²) < 4.78 is 5.85. The number of ketones is 1. The van der Waals surface area contributed by atoms with E-state index in [2.05, 4.69) is 41.2 Å². The average Bonchev–Trinajstić information content (AvgIpc) is 3.25. The molecule has 0 saturated carbocycles. The Bertz CT molecular complexity index is 3020. The number of carboxylic acid groups (broad SMARTS) is 2. The third-order valence-corrected chi connectivity index (χ3v) is 9.79. The number of carbonyl (C=O) groups excluding carboxylic acids is 3. The molecule has 0 unspecified atom stereocenters. The van der Waals surface area contributed by atoms with Gasteiger partial charge in [-0.05, 0) is 79.1 Å². The van der Waals surface area contributed by atoms with E-state index in [0.29, 0.717) is 27.9 Å². The van der Waals surface area contributed by atoms with Crippen molar-refractivity contribution in [3.05, 3.63) is 122 Å². The second-order valence-electron chi connectivity index (χ2n) is 14.2. The summed E-state index contributed by atoms with van der Waals surface area (Å²) in [6.07, 6.45) is 1.35. The van der Waals surface area contributed by atoms with Gasteiger partial charge in [0.2, 0.25) is 5.95 Å². The van der Waals surface area contributed by atoms with Crippen molar-refractivity contribution in [1.82, 2.24) is 30.6 Å². The van der Waals surface area contributed by atoms with Gasteiger partial charge in [-0.25, -0.2) is 24.4 Å². The molecule has 20 nitrogen and oxygen atoms in total. The third kappa shape index (κ3) is 10.0. The second kappa shape index (κ2) is 18.3. The molecule has 3 amide bonds. The number of anilines is 3. The van der Waals surface area contributed by atoms with Crippen molar-refractivity contribution < 1.29 is 43.7 Å². The molecule has 3 aromatic carbocycles. The normalized spacial score (nSPS) is 11.6. The zero-order valence-corrected chi connectivity index (χ0v) is 32.9. The van der Waals surface area contributed by atoms with Crippen LogP contribution in [0.15, 0.2) is 99.1 Å². The minimum Gasteiger partial charge on any atom is -0.508 e. The number of fused-ring (bicyclic) bond motifs is 3. The zero-order valence-electron chi connectivity index (χ0n) is 32.9. The number of nitrogens with one attached hydrogen (secondary N) is 5. The lowest BCUT2D eigenvalue weighted by Gasteiger charge is -2.17. The summed E-state index contributed by atoms with van der Waals surface area (Å²) in [6, 6.07) is 16.9. The molecule has 2 aliphatic rings. The number of benzene rings is 4. The smallest absolute Gasteiger partial charge is 0.336 e. The molecule has 320 valence electrons. The van der Waals surface area contributed by atoms with Crippen LogP contribution < -0.4 is 38.0 Å². The van der Waals surface area contributed by atoms with Crippen molar-refractivity contribution >= 4 is 69.1 Å². The molecule has 10 N–H and O–H groups in total. The summed E-state index contributed by atoms with van der Waals surface area (Å²) in [6.45, 7) is 0.250. The number of carbonyl (C=O) groups is 5. The number of nitrogens with zero attached hydrogens (tertiary/aromatic N) is 3. The van der Waals surface area contributed by atoms with Crippen LogP contribution in [0.3, 0.4) is 0 Å². The average molecular weight is 856 g/mol. The van der Waals surface area contributed by atoms with Gasteiger partial charge in [0.15, 0.2) is 16.6 Å². The van der Waals surface area contributed by atoms with Crippen molar-refractivity contribution in [2.75, 3.05) is 22.9 Å². The fourth-order valence-corrected chi connectivity index (χ4v) is 6.75. The molecule has 1 aliphatic heterocycles. The van der Waals surface area contributed by atoms with Crippen LogP contribution in [0, 0.1) is 0 Å². The van der Waals surface area contributed by atoms with Gasteiger partial charge < -0.3 is 46.7 Å².